The molecule has 3 aromatic rings. The van der Waals surface area contributed by atoms with Crippen LogP contribution in [0.5, 0.6) is 0 Å². The van der Waals surface area contributed by atoms with Crippen molar-refractivity contribution in [3.05, 3.63) is 101 Å². The molecule has 0 spiro atoms. The maximum absolute atomic E-state index is 14.1. The Bertz CT molecular complexity index is 1240. The lowest BCUT2D eigenvalue weighted by Crippen LogP contribution is -2.30. The number of carbonyl (C=O) groups excluding carboxylic acids is 1. The van der Waals surface area contributed by atoms with Gasteiger partial charge in [-0.3, -0.25) is 9.10 Å². The van der Waals surface area contributed by atoms with Crippen LogP contribution < -0.4 is 9.62 Å². The van der Waals surface area contributed by atoms with Gasteiger partial charge in [-0.25, -0.2) is 12.8 Å². The molecule has 0 bridgehead atoms. The van der Waals surface area contributed by atoms with Gasteiger partial charge >= 0.3 is 6.18 Å². The molecule has 0 aromatic heterocycles. The van der Waals surface area contributed by atoms with Crippen LogP contribution in [-0.2, 0) is 29.3 Å². The van der Waals surface area contributed by atoms with Crippen molar-refractivity contribution in [1.29, 1.82) is 0 Å². The Morgan fingerprint density at radius 3 is 2.21 bits per heavy atom. The first kappa shape index (κ1) is 24.2. The molecule has 0 atom stereocenters. The van der Waals surface area contributed by atoms with Gasteiger partial charge in [-0.1, -0.05) is 36.4 Å². The predicted molar refractivity (Wildman–Crippen MR) is 116 cm³/mol. The van der Waals surface area contributed by atoms with Crippen molar-refractivity contribution in [3.8, 4) is 0 Å². The second kappa shape index (κ2) is 9.62. The second-order valence-electron chi connectivity index (χ2n) is 7.30. The first-order valence-corrected chi connectivity index (χ1v) is 11.6. The van der Waals surface area contributed by atoms with Crippen LogP contribution in [-0.4, -0.2) is 20.6 Å². The van der Waals surface area contributed by atoms with Gasteiger partial charge in [0.15, 0.2) is 0 Å². The largest absolute Gasteiger partial charge is 0.416 e. The Balaban J connectivity index is 1.69. The highest BCUT2D eigenvalue weighted by atomic mass is 32.2. The molecule has 0 saturated carbocycles. The Labute approximate surface area is 188 Å². The number of halogens is 4. The molecule has 0 fully saturated rings. The molecular weight excluding hydrogens is 460 g/mol. The molecule has 174 valence electrons. The van der Waals surface area contributed by atoms with Gasteiger partial charge in [0.25, 0.3) is 5.91 Å². The van der Waals surface area contributed by atoms with Crippen molar-refractivity contribution >= 4 is 21.6 Å². The molecule has 1 amide bonds. The van der Waals surface area contributed by atoms with Crippen LogP contribution in [0, 0.1) is 5.82 Å². The van der Waals surface area contributed by atoms with Crippen molar-refractivity contribution < 1.29 is 30.8 Å². The van der Waals surface area contributed by atoms with Crippen LogP contribution in [0.1, 0.15) is 27.0 Å². The van der Waals surface area contributed by atoms with E-state index in [1.54, 1.807) is 0 Å². The molecular formula is C23H20F4N2O3S. The highest BCUT2D eigenvalue weighted by Gasteiger charge is 2.30. The number of nitrogens with one attached hydrogen (secondary N) is 1. The summed E-state index contributed by atoms with van der Waals surface area (Å²) in [6, 6.07) is 16.1. The van der Waals surface area contributed by atoms with Gasteiger partial charge in [0.1, 0.15) is 5.82 Å². The highest BCUT2D eigenvalue weighted by Crippen LogP contribution is 2.29. The van der Waals surface area contributed by atoms with E-state index in [1.807, 2.05) is 0 Å². The van der Waals surface area contributed by atoms with Crippen LogP contribution in [0.3, 0.4) is 0 Å². The quantitative estimate of drug-likeness (QED) is 0.497. The first-order valence-electron chi connectivity index (χ1n) is 9.70. The van der Waals surface area contributed by atoms with Crippen molar-refractivity contribution in [1.82, 2.24) is 5.32 Å². The number of para-hydroxylation sites is 1. The molecule has 5 nitrogen and oxygen atoms in total. The summed E-state index contributed by atoms with van der Waals surface area (Å²) in [5.74, 6) is -1.19. The minimum Gasteiger partial charge on any atom is -0.348 e. The van der Waals surface area contributed by atoms with E-state index in [1.165, 1.54) is 54.6 Å². The topological polar surface area (TPSA) is 66.5 Å². The molecule has 1 N–H and O–H groups in total. The molecule has 0 aliphatic heterocycles. The number of sulfonamides is 1. The molecule has 0 radical (unpaired) electrons. The number of alkyl halides is 3. The summed E-state index contributed by atoms with van der Waals surface area (Å²) in [5, 5.41) is 2.55. The van der Waals surface area contributed by atoms with Crippen LogP contribution in [0.25, 0.3) is 0 Å². The van der Waals surface area contributed by atoms with E-state index in [4.69, 9.17) is 0 Å². The first-order chi connectivity index (χ1) is 15.4. The normalized spacial score (nSPS) is 11.8. The van der Waals surface area contributed by atoms with Crippen LogP contribution >= 0.6 is 0 Å². The molecule has 0 heterocycles. The third-order valence-corrected chi connectivity index (χ3v) is 5.90. The number of amides is 1. The minimum atomic E-state index is -4.47. The maximum Gasteiger partial charge on any atom is 0.416 e. The number of carbonyl (C=O) groups is 1. The van der Waals surface area contributed by atoms with Gasteiger partial charge in [-0.2, -0.15) is 13.2 Å². The third-order valence-electron chi connectivity index (χ3n) is 4.77. The maximum atomic E-state index is 14.1. The lowest BCUT2D eigenvalue weighted by molar-refractivity contribution is -0.137. The Hall–Kier alpha value is -3.40. The fourth-order valence-corrected chi connectivity index (χ4v) is 3.99. The minimum absolute atomic E-state index is 0.0945. The van der Waals surface area contributed by atoms with E-state index >= 15 is 0 Å². The summed E-state index contributed by atoms with van der Waals surface area (Å²) in [5.41, 5.74) is 0.149. The van der Waals surface area contributed by atoms with Gasteiger partial charge in [0.05, 0.1) is 24.1 Å². The molecule has 0 aliphatic carbocycles. The number of anilines is 1. The van der Waals surface area contributed by atoms with Crippen molar-refractivity contribution in [2.75, 3.05) is 10.6 Å². The SMILES string of the molecule is CS(=O)(=O)N(Cc1ccc(C(=O)NCc2cccc(C(F)(F)F)c2)cc1)c1ccccc1F. The van der Waals surface area contributed by atoms with Gasteiger partial charge < -0.3 is 5.32 Å². The zero-order valence-corrected chi connectivity index (χ0v) is 18.3. The summed E-state index contributed by atoms with van der Waals surface area (Å²) in [4.78, 5) is 12.4. The summed E-state index contributed by atoms with van der Waals surface area (Å²) < 4.78 is 77.9. The van der Waals surface area contributed by atoms with E-state index in [2.05, 4.69) is 5.32 Å². The standard InChI is InChI=1S/C23H20F4N2O3S/c1-33(31,32)29(21-8-3-2-7-20(21)24)15-16-9-11-18(12-10-16)22(30)28-14-17-5-4-6-19(13-17)23(25,26)27/h2-13H,14-15H2,1H3,(H,28,30). The summed E-state index contributed by atoms with van der Waals surface area (Å²) in [6.45, 7) is -0.244. The van der Waals surface area contributed by atoms with E-state index < -0.39 is 33.5 Å². The molecule has 33 heavy (non-hydrogen) atoms. The molecule has 3 aromatic carbocycles. The van der Waals surface area contributed by atoms with Crippen molar-refractivity contribution in [3.63, 3.8) is 0 Å². The molecule has 10 heteroatoms. The zero-order chi connectivity index (χ0) is 24.2. The summed E-state index contributed by atoms with van der Waals surface area (Å²) in [7, 11) is -3.78. The molecule has 0 unspecified atom stereocenters. The van der Waals surface area contributed by atoms with Gasteiger partial charge in [0, 0.05) is 12.1 Å². The van der Waals surface area contributed by atoms with Crippen LogP contribution in [0.4, 0.5) is 23.2 Å². The number of hydrogen-bond donors (Lipinski definition) is 1. The number of nitrogens with zero attached hydrogens (tertiary/aromatic N) is 1. The van der Waals surface area contributed by atoms with E-state index in [0.717, 1.165) is 28.8 Å². The molecule has 0 aliphatic rings. The fourth-order valence-electron chi connectivity index (χ4n) is 3.10. The second-order valence-corrected chi connectivity index (χ2v) is 9.21. The lowest BCUT2D eigenvalue weighted by Gasteiger charge is -2.23. The Morgan fingerprint density at radius 1 is 0.939 bits per heavy atom. The number of hydrogen-bond acceptors (Lipinski definition) is 3. The summed E-state index contributed by atoms with van der Waals surface area (Å²) >= 11 is 0. The third kappa shape index (κ3) is 6.32. The smallest absolute Gasteiger partial charge is 0.348 e. The van der Waals surface area contributed by atoms with E-state index in [0.29, 0.717) is 11.1 Å². The fraction of sp³-hybridized carbons (Fsp3) is 0.174. The zero-order valence-electron chi connectivity index (χ0n) is 17.4. The van der Waals surface area contributed by atoms with Gasteiger partial charge in [-0.05, 0) is 47.5 Å². The lowest BCUT2D eigenvalue weighted by atomic mass is 10.1. The van der Waals surface area contributed by atoms with E-state index in [-0.39, 0.29) is 24.3 Å². The van der Waals surface area contributed by atoms with Gasteiger partial charge in [-0.15, -0.1) is 0 Å². The van der Waals surface area contributed by atoms with Crippen molar-refractivity contribution in [2.45, 2.75) is 19.3 Å². The van der Waals surface area contributed by atoms with Gasteiger partial charge in [0.2, 0.25) is 10.0 Å². The average molecular weight is 480 g/mol. The average Bonchev–Trinajstić information content (AvgIpc) is 2.76. The van der Waals surface area contributed by atoms with E-state index in [9.17, 15) is 30.8 Å². The number of benzene rings is 3. The van der Waals surface area contributed by atoms with Crippen LogP contribution in [0.15, 0.2) is 72.8 Å². The highest BCUT2D eigenvalue weighted by molar-refractivity contribution is 7.92. The summed E-state index contributed by atoms with van der Waals surface area (Å²) in [6.07, 6.45) is -3.51. The Morgan fingerprint density at radius 2 is 1.61 bits per heavy atom. The predicted octanol–water partition coefficient (Wildman–Crippen LogP) is 4.74. The Kier molecular flexibility index (Phi) is 7.06. The number of rotatable bonds is 7. The monoisotopic (exact) mass is 480 g/mol. The van der Waals surface area contributed by atoms with Crippen LogP contribution in [0.2, 0.25) is 0 Å². The molecule has 0 saturated heterocycles. The van der Waals surface area contributed by atoms with Crippen molar-refractivity contribution in [2.24, 2.45) is 0 Å². The molecule has 3 rings (SSSR count).